The highest BCUT2D eigenvalue weighted by atomic mass is 16.7. The number of Topliss-reactive ketones (excluding diaryl/α,β-unsaturated/α-hetero) is 1. The standard InChI is InChI=1S/C51H63N3O13/c1-13-54(14-2,25(3)4)21-23-62-32-18-19-33-35(24-32)65-47-39(52-33)36-37-41(56)29(8)45-38(36)49(59)51(11,67-45)63-22-20-34(61-12)28(7)46(64-31(10)55)48-42(57)30(9)44(66-48)26(5)16-15-17-27(6)50(60)53-40(47)43(37)58/h15-20,22,24-26,28,30,34,42,44,46,48,57H,13-14,21,23H2,1-12H3,(H-,52,53,56,58,59,60)/p+1/b16-15+,22-20+,27-17-/t26-,28+,30-,34-,42+,44-,46+,48+,51-/m0/s1. The van der Waals surface area contributed by atoms with Crippen molar-refractivity contribution in [3.05, 3.63) is 75.7 Å². The Morgan fingerprint density at radius 2 is 1.75 bits per heavy atom. The summed E-state index contributed by atoms with van der Waals surface area (Å²) in [6.07, 6.45) is 3.65. The second-order valence-electron chi connectivity index (χ2n) is 18.6. The molecule has 0 radical (unpaired) electrons. The fraction of sp³-hybridized carbons (Fsp3) is 0.510. The predicted molar refractivity (Wildman–Crippen MR) is 252 cm³/mol. The fourth-order valence-corrected chi connectivity index (χ4v) is 9.93. The van der Waals surface area contributed by atoms with E-state index >= 15 is 0 Å². The van der Waals surface area contributed by atoms with Crippen LogP contribution in [0.15, 0.2) is 63.6 Å². The smallest absolute Gasteiger partial charge is 0.312 e. The Morgan fingerprint density at radius 1 is 1.03 bits per heavy atom. The van der Waals surface area contributed by atoms with Gasteiger partial charge in [0.15, 0.2) is 22.3 Å². The summed E-state index contributed by atoms with van der Waals surface area (Å²) in [5.41, 5.74) is -0.289. The Kier molecular flexibility index (Phi) is 14.0. The van der Waals surface area contributed by atoms with Crippen molar-refractivity contribution in [3.8, 4) is 17.2 Å². The molecule has 16 nitrogen and oxygen atoms in total. The molecule has 4 aromatic rings. The number of quaternary nitrogens is 1. The summed E-state index contributed by atoms with van der Waals surface area (Å²) in [6.45, 7) is 23.1. The maximum atomic E-state index is 14.8. The molecule has 0 unspecified atom stereocenters. The van der Waals surface area contributed by atoms with Gasteiger partial charge in [-0.3, -0.25) is 19.2 Å². The largest absolute Gasteiger partial charge is 0.505 e. The van der Waals surface area contributed by atoms with Crippen molar-refractivity contribution in [1.29, 1.82) is 0 Å². The van der Waals surface area contributed by atoms with Crippen LogP contribution in [0.3, 0.4) is 0 Å². The molecule has 4 aliphatic heterocycles. The van der Waals surface area contributed by atoms with Crippen LogP contribution in [-0.2, 0) is 28.5 Å². The van der Waals surface area contributed by atoms with Gasteiger partial charge in [-0.1, -0.05) is 39.0 Å². The van der Waals surface area contributed by atoms with E-state index in [0.717, 1.165) is 24.1 Å². The zero-order valence-corrected chi connectivity index (χ0v) is 40.4. The van der Waals surface area contributed by atoms with Crippen molar-refractivity contribution in [3.63, 3.8) is 0 Å². The number of carbonyl (C=O) groups excluding carboxylic acids is 3. The number of hydrogen-bond donors (Lipinski definition) is 3. The number of likely N-dealkylation sites (N-methyl/N-ethyl adjacent to an activating group) is 1. The first-order chi connectivity index (χ1) is 31.7. The van der Waals surface area contributed by atoms with E-state index in [-0.39, 0.29) is 67.4 Å². The lowest BCUT2D eigenvalue weighted by Crippen LogP contribution is -2.54. The highest BCUT2D eigenvalue weighted by molar-refractivity contribution is 6.26. The lowest BCUT2D eigenvalue weighted by atomic mass is 9.86. The number of aliphatic hydroxyl groups is 1. The number of fused-ring (bicyclic) bond motifs is 9. The first kappa shape index (κ1) is 49.1. The highest BCUT2D eigenvalue weighted by Crippen LogP contribution is 2.48. The third-order valence-corrected chi connectivity index (χ3v) is 14.3. The van der Waals surface area contributed by atoms with Crippen LogP contribution in [0.1, 0.15) is 85.2 Å². The van der Waals surface area contributed by atoms with Crippen molar-refractivity contribution in [2.75, 3.05) is 38.7 Å². The molecule has 0 aliphatic carbocycles. The molecule has 67 heavy (non-hydrogen) atoms. The lowest BCUT2D eigenvalue weighted by Gasteiger charge is -2.40. The van der Waals surface area contributed by atoms with E-state index in [2.05, 4.69) is 33.0 Å². The average molecular weight is 927 g/mol. The summed E-state index contributed by atoms with van der Waals surface area (Å²) >= 11 is 0. The van der Waals surface area contributed by atoms with Crippen LogP contribution in [0.25, 0.3) is 33.0 Å². The molecule has 4 aliphatic rings. The molecule has 8 rings (SSSR count). The summed E-state index contributed by atoms with van der Waals surface area (Å²) in [5, 5.41) is 26.2. The predicted octanol–water partition coefficient (Wildman–Crippen LogP) is 7.41. The monoisotopic (exact) mass is 926 g/mol. The number of aliphatic hydroxyl groups excluding tert-OH is 1. The molecule has 1 amide bonds. The topological polar surface area (TPSA) is 202 Å². The number of hydrogen-bond acceptors (Lipinski definition) is 14. The molecule has 0 spiro atoms. The number of methoxy groups -OCH3 is 1. The SMILES string of the molecule is CC[N+](CC)(CCOc1ccc2nc3c(oc2c1)c1c(O)c2c(=O)c(C)c4c(c23)C(=O)[C@@](C)(O/C=C/[C@H](OC)[C@@H](C)[C@@H](OC(C)=O)[C@@H]2O[C@H]([C@@H](C)[C@H]2O)[C@@H](C)/C=C/C=C(/C)C(=O)N1)O4)C(C)C. The summed E-state index contributed by atoms with van der Waals surface area (Å²) in [6, 6.07) is 5.53. The summed E-state index contributed by atoms with van der Waals surface area (Å²) < 4.78 is 44.2. The van der Waals surface area contributed by atoms with Gasteiger partial charge in [0, 0.05) is 61.3 Å². The number of nitrogens with zero attached hydrogens (tertiary/aromatic N) is 2. The fourth-order valence-electron chi connectivity index (χ4n) is 9.93. The van der Waals surface area contributed by atoms with Crippen molar-refractivity contribution >= 4 is 56.3 Å². The number of ketones is 1. The van der Waals surface area contributed by atoms with Gasteiger partial charge >= 0.3 is 11.8 Å². The van der Waals surface area contributed by atoms with E-state index in [1.165, 1.54) is 40.2 Å². The van der Waals surface area contributed by atoms with Gasteiger partial charge in [-0.25, -0.2) is 4.98 Å². The maximum absolute atomic E-state index is 14.8. The quantitative estimate of drug-likeness (QED) is 0.0492. The zero-order valence-electron chi connectivity index (χ0n) is 40.4. The van der Waals surface area contributed by atoms with E-state index in [0.29, 0.717) is 23.9 Å². The van der Waals surface area contributed by atoms with Crippen LogP contribution in [0.2, 0.25) is 0 Å². The number of allylic oxidation sites excluding steroid dienone is 2. The lowest BCUT2D eigenvalue weighted by molar-refractivity contribution is -0.944. The van der Waals surface area contributed by atoms with E-state index in [4.69, 9.17) is 37.8 Å². The maximum Gasteiger partial charge on any atom is 0.312 e. The van der Waals surface area contributed by atoms with Crippen LogP contribution >= 0.6 is 0 Å². The number of rotatable bonds is 9. The summed E-state index contributed by atoms with van der Waals surface area (Å²) in [5.74, 6) is -5.44. The first-order valence-electron chi connectivity index (χ1n) is 23.1. The number of amides is 1. The average Bonchev–Trinajstić information content (AvgIpc) is 3.74. The number of aromatic hydroxyl groups is 1. The molecule has 360 valence electrons. The van der Waals surface area contributed by atoms with Gasteiger partial charge in [0.05, 0.1) is 54.7 Å². The first-order valence-corrected chi connectivity index (χ1v) is 23.1. The Hall–Kier alpha value is -5.81. The third-order valence-electron chi connectivity index (χ3n) is 14.3. The van der Waals surface area contributed by atoms with Crippen LogP contribution in [0, 0.1) is 24.7 Å². The number of carbonyl (C=O) groups is 3. The number of ether oxygens (including phenoxy) is 6. The number of benzene rings is 3. The van der Waals surface area contributed by atoms with Crippen LogP contribution in [0.5, 0.6) is 17.2 Å². The van der Waals surface area contributed by atoms with Crippen molar-refractivity contribution in [1.82, 2.24) is 4.98 Å². The van der Waals surface area contributed by atoms with Gasteiger partial charge in [0.25, 0.3) is 11.7 Å². The third kappa shape index (κ3) is 8.80. The minimum Gasteiger partial charge on any atom is -0.505 e. The minimum atomic E-state index is -2.04. The molecular formula is C51H64N3O13+. The number of esters is 1. The van der Waals surface area contributed by atoms with Crippen molar-refractivity contribution in [2.45, 2.75) is 119 Å². The van der Waals surface area contributed by atoms with Crippen molar-refractivity contribution < 1.29 is 61.9 Å². The molecule has 3 aromatic carbocycles. The van der Waals surface area contributed by atoms with Gasteiger partial charge in [-0.15, -0.1) is 0 Å². The van der Waals surface area contributed by atoms with E-state index in [9.17, 15) is 29.4 Å². The molecule has 0 saturated carbocycles. The van der Waals surface area contributed by atoms with Crippen LogP contribution in [-0.4, -0.2) is 113 Å². The van der Waals surface area contributed by atoms with Crippen molar-refractivity contribution in [2.24, 2.45) is 17.8 Å². The zero-order chi connectivity index (χ0) is 48.9. The van der Waals surface area contributed by atoms with E-state index in [1.54, 1.807) is 44.2 Å². The number of anilines is 1. The number of phenolic OH excluding ortho intramolecular Hbond substituents is 1. The van der Waals surface area contributed by atoms with Crippen LogP contribution < -0.4 is 20.2 Å². The Labute approximate surface area is 390 Å². The van der Waals surface area contributed by atoms with Gasteiger partial charge in [0.1, 0.15) is 53.6 Å². The second-order valence-corrected chi connectivity index (χ2v) is 18.6. The molecular weight excluding hydrogens is 863 g/mol. The van der Waals surface area contributed by atoms with Gasteiger partial charge in [-0.2, -0.15) is 0 Å². The number of aromatic nitrogens is 1. The molecule has 5 heterocycles. The second kappa shape index (κ2) is 19.1. The molecule has 1 saturated heterocycles. The minimum absolute atomic E-state index is 0.00385. The summed E-state index contributed by atoms with van der Waals surface area (Å²) in [7, 11) is 1.46. The molecule has 3 N–H and O–H groups in total. The molecule has 9 atom stereocenters. The highest BCUT2D eigenvalue weighted by Gasteiger charge is 2.51. The van der Waals surface area contributed by atoms with E-state index in [1.807, 2.05) is 19.9 Å². The summed E-state index contributed by atoms with van der Waals surface area (Å²) in [4.78, 5) is 60.7. The molecule has 1 aromatic heterocycles. The van der Waals surface area contributed by atoms with Gasteiger partial charge < -0.3 is 52.9 Å². The Bertz CT molecular complexity index is 2750. The number of nitrogens with one attached hydrogen (secondary N) is 1. The molecule has 7 bridgehead atoms. The molecule has 1 fully saturated rings. The Balaban J connectivity index is 1.40. The normalized spacial score (nSPS) is 28.7. The molecule has 16 heteroatoms. The number of phenols is 1. The van der Waals surface area contributed by atoms with Crippen LogP contribution in [0.4, 0.5) is 5.69 Å². The van der Waals surface area contributed by atoms with E-state index < -0.39 is 71.1 Å². The Morgan fingerprint density at radius 3 is 2.40 bits per heavy atom. The van der Waals surface area contributed by atoms with Gasteiger partial charge in [0.2, 0.25) is 0 Å². The van der Waals surface area contributed by atoms with Gasteiger partial charge in [-0.05, 0) is 59.8 Å².